The predicted molar refractivity (Wildman–Crippen MR) is 90.0 cm³/mol. The van der Waals surface area contributed by atoms with Crippen LogP contribution in [0.2, 0.25) is 0 Å². The molecule has 1 aromatic rings. The highest BCUT2D eigenvalue weighted by atomic mass is 16.1. The van der Waals surface area contributed by atoms with E-state index in [9.17, 15) is 9.59 Å². The molecule has 0 saturated carbocycles. The summed E-state index contributed by atoms with van der Waals surface area (Å²) < 4.78 is 1.87. The lowest BCUT2D eigenvalue weighted by molar-refractivity contribution is -0.120. The van der Waals surface area contributed by atoms with Crippen molar-refractivity contribution in [1.29, 1.82) is 0 Å². The van der Waals surface area contributed by atoms with Crippen LogP contribution in [0.4, 0.5) is 0 Å². The molecule has 23 heavy (non-hydrogen) atoms. The number of hydrogen-bond acceptors (Lipinski definition) is 4. The van der Waals surface area contributed by atoms with Gasteiger partial charge in [0.15, 0.2) is 0 Å². The normalized spacial score (nSPS) is 12.3. The van der Waals surface area contributed by atoms with Gasteiger partial charge in [-0.15, -0.1) is 5.10 Å². The molecular weight excluding hydrogens is 292 g/mol. The Hall–Kier alpha value is -1.72. The van der Waals surface area contributed by atoms with E-state index < -0.39 is 0 Å². The fourth-order valence-corrected chi connectivity index (χ4v) is 2.60. The topological polar surface area (TPSA) is 76.9 Å². The van der Waals surface area contributed by atoms with Crippen LogP contribution in [0.3, 0.4) is 0 Å². The van der Waals surface area contributed by atoms with Gasteiger partial charge in [0, 0.05) is 32.5 Å². The van der Waals surface area contributed by atoms with Gasteiger partial charge in [-0.1, -0.05) is 19.1 Å². The molecule has 6 nitrogen and oxygen atoms in total. The number of rotatable bonds is 9. The van der Waals surface area contributed by atoms with E-state index in [0.717, 1.165) is 18.5 Å². The van der Waals surface area contributed by atoms with E-state index in [1.165, 1.54) is 0 Å². The number of Topliss-reactive ketones (excluding diaryl/α,β-unsaturated/α-hetero) is 1. The molecule has 0 bridgehead atoms. The third-order valence-corrected chi connectivity index (χ3v) is 4.19. The fraction of sp³-hybridized carbons (Fsp3) is 0.765. The second-order valence-electron chi connectivity index (χ2n) is 7.68. The highest BCUT2D eigenvalue weighted by Crippen LogP contribution is 2.32. The van der Waals surface area contributed by atoms with E-state index in [0.29, 0.717) is 19.3 Å². The number of hydrogen-bond donors (Lipinski definition) is 1. The molecular formula is C17H30N4O2. The first-order valence-electron chi connectivity index (χ1n) is 8.17. The molecule has 1 aromatic heterocycles. The lowest BCUT2D eigenvalue weighted by atomic mass is 9.79. The zero-order valence-electron chi connectivity index (χ0n) is 15.3. The van der Waals surface area contributed by atoms with E-state index >= 15 is 0 Å². The number of carbonyl (C=O) groups is 2. The summed E-state index contributed by atoms with van der Waals surface area (Å²) in [6, 6.07) is 0. The van der Waals surface area contributed by atoms with Crippen LogP contribution in [-0.4, -0.2) is 33.7 Å². The SMILES string of the molecule is CNC(=O)CCc1cn(C(C)(C)CCC(C)(C)CC(C)=O)nn1. The molecule has 0 saturated heterocycles. The first-order valence-corrected chi connectivity index (χ1v) is 8.17. The quantitative estimate of drug-likeness (QED) is 0.757. The van der Waals surface area contributed by atoms with Crippen LogP contribution in [0, 0.1) is 5.41 Å². The molecule has 0 radical (unpaired) electrons. The average molecular weight is 322 g/mol. The van der Waals surface area contributed by atoms with Gasteiger partial charge in [0.2, 0.25) is 5.91 Å². The molecule has 0 aliphatic rings. The molecule has 0 aliphatic carbocycles. The minimum atomic E-state index is -0.174. The average Bonchev–Trinajstić information content (AvgIpc) is 2.91. The van der Waals surface area contributed by atoms with E-state index in [4.69, 9.17) is 0 Å². The Bertz CT molecular complexity index is 547. The maximum Gasteiger partial charge on any atom is 0.220 e. The van der Waals surface area contributed by atoms with Crippen LogP contribution in [0.15, 0.2) is 6.20 Å². The van der Waals surface area contributed by atoms with E-state index in [-0.39, 0.29) is 22.6 Å². The molecule has 0 atom stereocenters. The second-order valence-corrected chi connectivity index (χ2v) is 7.68. The van der Waals surface area contributed by atoms with Crippen molar-refractivity contribution >= 4 is 11.7 Å². The van der Waals surface area contributed by atoms with Gasteiger partial charge in [0.1, 0.15) is 5.78 Å². The maximum atomic E-state index is 11.3. The lowest BCUT2D eigenvalue weighted by Gasteiger charge is -2.30. The molecule has 0 aliphatic heterocycles. The number of ketones is 1. The van der Waals surface area contributed by atoms with Gasteiger partial charge < -0.3 is 10.1 Å². The molecule has 1 rings (SSSR count). The van der Waals surface area contributed by atoms with Crippen molar-refractivity contribution in [3.8, 4) is 0 Å². The van der Waals surface area contributed by atoms with Crippen molar-refractivity contribution in [2.75, 3.05) is 7.05 Å². The largest absolute Gasteiger partial charge is 0.359 e. The van der Waals surface area contributed by atoms with Crippen LogP contribution in [0.1, 0.15) is 66.0 Å². The Morgan fingerprint density at radius 2 is 1.87 bits per heavy atom. The Morgan fingerprint density at radius 3 is 2.43 bits per heavy atom. The van der Waals surface area contributed by atoms with Crippen molar-refractivity contribution < 1.29 is 9.59 Å². The minimum absolute atomic E-state index is 0.00444. The molecule has 1 N–H and O–H groups in total. The molecule has 1 heterocycles. The summed E-state index contributed by atoms with van der Waals surface area (Å²) >= 11 is 0. The van der Waals surface area contributed by atoms with Gasteiger partial charge in [-0.2, -0.15) is 0 Å². The standard InChI is InChI=1S/C17H30N4O2/c1-13(22)11-16(2,3)9-10-17(4,5)21-12-14(19-20-21)7-8-15(23)18-6/h12H,7-11H2,1-6H3,(H,18,23). The van der Waals surface area contributed by atoms with E-state index in [1.807, 2.05) is 10.9 Å². The number of aryl methyl sites for hydroxylation is 1. The molecule has 6 heteroatoms. The van der Waals surface area contributed by atoms with Crippen molar-refractivity contribution in [2.24, 2.45) is 5.41 Å². The number of nitrogens with one attached hydrogen (secondary N) is 1. The van der Waals surface area contributed by atoms with Crippen LogP contribution in [-0.2, 0) is 21.5 Å². The zero-order chi connectivity index (χ0) is 17.7. The summed E-state index contributed by atoms with van der Waals surface area (Å²) in [5.41, 5.74) is 0.641. The monoisotopic (exact) mass is 322 g/mol. The second kappa shape index (κ2) is 7.70. The van der Waals surface area contributed by atoms with Gasteiger partial charge in [-0.25, -0.2) is 4.68 Å². The molecule has 0 spiro atoms. The van der Waals surface area contributed by atoms with Gasteiger partial charge in [-0.3, -0.25) is 4.79 Å². The third kappa shape index (κ3) is 6.50. The van der Waals surface area contributed by atoms with Crippen LogP contribution >= 0.6 is 0 Å². The smallest absolute Gasteiger partial charge is 0.220 e. The van der Waals surface area contributed by atoms with Gasteiger partial charge in [0.05, 0.1) is 11.2 Å². The fourth-order valence-electron chi connectivity index (χ4n) is 2.60. The maximum absolute atomic E-state index is 11.3. The Kier molecular flexibility index (Phi) is 6.47. The number of aromatic nitrogens is 3. The zero-order valence-corrected chi connectivity index (χ0v) is 15.3. The van der Waals surface area contributed by atoms with Crippen LogP contribution < -0.4 is 5.32 Å². The van der Waals surface area contributed by atoms with Crippen LogP contribution in [0.25, 0.3) is 0 Å². The first kappa shape index (κ1) is 19.3. The Balaban J connectivity index is 2.64. The number of amides is 1. The summed E-state index contributed by atoms with van der Waals surface area (Å²) in [4.78, 5) is 22.6. The van der Waals surface area contributed by atoms with Gasteiger partial charge in [-0.05, 0) is 39.0 Å². The van der Waals surface area contributed by atoms with Crippen LogP contribution in [0.5, 0.6) is 0 Å². The van der Waals surface area contributed by atoms with Crippen molar-refractivity contribution in [1.82, 2.24) is 20.3 Å². The summed E-state index contributed by atoms with van der Waals surface area (Å²) in [7, 11) is 1.63. The minimum Gasteiger partial charge on any atom is -0.359 e. The summed E-state index contributed by atoms with van der Waals surface area (Å²) in [5, 5.41) is 11.0. The lowest BCUT2D eigenvalue weighted by Crippen LogP contribution is -2.29. The van der Waals surface area contributed by atoms with Crippen molar-refractivity contribution in [3.05, 3.63) is 11.9 Å². The van der Waals surface area contributed by atoms with E-state index in [2.05, 4.69) is 43.3 Å². The number of nitrogens with zero attached hydrogens (tertiary/aromatic N) is 3. The summed E-state index contributed by atoms with van der Waals surface area (Å²) in [5.74, 6) is 0.231. The molecule has 0 unspecified atom stereocenters. The Labute approximate surface area is 139 Å². The molecule has 130 valence electrons. The first-order chi connectivity index (χ1) is 10.6. The highest BCUT2D eigenvalue weighted by molar-refractivity contribution is 5.76. The molecule has 1 amide bonds. The third-order valence-electron chi connectivity index (χ3n) is 4.19. The molecule has 0 fully saturated rings. The van der Waals surface area contributed by atoms with Gasteiger partial charge >= 0.3 is 0 Å². The van der Waals surface area contributed by atoms with Crippen molar-refractivity contribution in [3.63, 3.8) is 0 Å². The van der Waals surface area contributed by atoms with Gasteiger partial charge in [0.25, 0.3) is 0 Å². The van der Waals surface area contributed by atoms with E-state index in [1.54, 1.807) is 14.0 Å². The summed E-state index contributed by atoms with van der Waals surface area (Å²) in [6.07, 6.45) is 5.37. The Morgan fingerprint density at radius 1 is 1.22 bits per heavy atom. The number of carbonyl (C=O) groups excluding carboxylic acids is 2. The summed E-state index contributed by atoms with van der Waals surface area (Å²) in [6.45, 7) is 10.1. The highest BCUT2D eigenvalue weighted by Gasteiger charge is 2.27. The predicted octanol–water partition coefficient (Wildman–Crippen LogP) is 2.48. The van der Waals surface area contributed by atoms with Crippen molar-refractivity contribution in [2.45, 2.75) is 72.3 Å². The molecule has 0 aromatic carbocycles.